The molecule has 0 saturated heterocycles. The summed E-state index contributed by atoms with van der Waals surface area (Å²) < 4.78 is 28.8. The lowest BCUT2D eigenvalue weighted by molar-refractivity contribution is -0.140. The van der Waals surface area contributed by atoms with Gasteiger partial charge in [-0.15, -0.1) is 0 Å². The van der Waals surface area contributed by atoms with Crippen LogP contribution in [0.25, 0.3) is 0 Å². The third-order valence-electron chi connectivity index (χ3n) is 6.37. The number of carbonyl (C=O) groups excluding carboxylic acids is 2. The Labute approximate surface area is 243 Å². The molecular formula is C31H38ClN3O4S. The molecule has 0 radical (unpaired) electrons. The van der Waals surface area contributed by atoms with Crippen LogP contribution < -0.4 is 9.62 Å². The molecule has 9 heteroatoms. The van der Waals surface area contributed by atoms with Crippen molar-refractivity contribution in [2.75, 3.05) is 17.4 Å². The number of sulfonamides is 1. The second kappa shape index (κ2) is 13.3. The lowest BCUT2D eigenvalue weighted by Crippen LogP contribution is -2.56. The standard InChI is InChI=1S/C31H38ClN3O4S/c1-6-28(30(37)33-31(3,4)5)34(21-20-24-10-8-7-9-11-24)29(36)22-35(26-16-12-23(2)13-17-26)40(38,39)27-18-14-25(32)15-19-27/h7-19,28H,6,20-22H2,1-5H3,(H,33,37)/t28-/m1/s1. The number of benzene rings is 3. The van der Waals surface area contributed by atoms with Gasteiger partial charge in [0.2, 0.25) is 11.8 Å². The Balaban J connectivity index is 2.01. The SMILES string of the molecule is CC[C@H](C(=O)NC(C)(C)C)N(CCc1ccccc1)C(=O)CN(c1ccc(C)cc1)S(=O)(=O)c1ccc(Cl)cc1. The molecule has 0 aliphatic rings. The van der Waals surface area contributed by atoms with E-state index in [4.69, 9.17) is 11.6 Å². The van der Waals surface area contributed by atoms with Gasteiger partial charge < -0.3 is 10.2 Å². The lowest BCUT2D eigenvalue weighted by Gasteiger charge is -2.34. The van der Waals surface area contributed by atoms with Gasteiger partial charge in [0, 0.05) is 17.1 Å². The van der Waals surface area contributed by atoms with Crippen LogP contribution >= 0.6 is 11.6 Å². The van der Waals surface area contributed by atoms with E-state index in [9.17, 15) is 18.0 Å². The number of carbonyl (C=O) groups is 2. The third-order valence-corrected chi connectivity index (χ3v) is 8.41. The van der Waals surface area contributed by atoms with Gasteiger partial charge in [0.1, 0.15) is 12.6 Å². The number of rotatable bonds is 11. The average molecular weight is 584 g/mol. The van der Waals surface area contributed by atoms with Crippen LogP contribution in [0.15, 0.2) is 83.8 Å². The molecule has 0 aromatic heterocycles. The van der Waals surface area contributed by atoms with Crippen molar-refractivity contribution >= 4 is 39.1 Å². The van der Waals surface area contributed by atoms with E-state index in [0.717, 1.165) is 15.4 Å². The van der Waals surface area contributed by atoms with E-state index >= 15 is 0 Å². The van der Waals surface area contributed by atoms with E-state index in [-0.39, 0.29) is 17.3 Å². The fourth-order valence-electron chi connectivity index (χ4n) is 4.32. The smallest absolute Gasteiger partial charge is 0.264 e. The fraction of sp³-hybridized carbons (Fsp3) is 0.355. The highest BCUT2D eigenvalue weighted by atomic mass is 35.5. The highest BCUT2D eigenvalue weighted by Crippen LogP contribution is 2.26. The first-order valence-corrected chi connectivity index (χ1v) is 15.1. The minimum Gasteiger partial charge on any atom is -0.350 e. The summed E-state index contributed by atoms with van der Waals surface area (Å²) in [5.41, 5.74) is 1.82. The van der Waals surface area contributed by atoms with Crippen LogP contribution in [0.3, 0.4) is 0 Å². The zero-order valence-corrected chi connectivity index (χ0v) is 25.3. The molecule has 0 bridgehead atoms. The Morgan fingerprint density at radius 2 is 1.52 bits per heavy atom. The molecule has 0 aliphatic carbocycles. The van der Waals surface area contributed by atoms with Gasteiger partial charge in [0.25, 0.3) is 10.0 Å². The van der Waals surface area contributed by atoms with Crippen molar-refractivity contribution < 1.29 is 18.0 Å². The predicted octanol–water partition coefficient (Wildman–Crippen LogP) is 5.61. The summed E-state index contributed by atoms with van der Waals surface area (Å²) in [5, 5.41) is 3.38. The summed E-state index contributed by atoms with van der Waals surface area (Å²) in [4.78, 5) is 28.9. The molecule has 3 aromatic carbocycles. The number of nitrogens with one attached hydrogen (secondary N) is 1. The van der Waals surface area contributed by atoms with Crippen molar-refractivity contribution in [3.05, 3.63) is 95.0 Å². The van der Waals surface area contributed by atoms with Crippen molar-refractivity contribution in [2.45, 2.75) is 63.9 Å². The number of halogens is 1. The summed E-state index contributed by atoms with van der Waals surface area (Å²) in [5.74, 6) is -0.746. The third kappa shape index (κ3) is 8.32. The van der Waals surface area contributed by atoms with Gasteiger partial charge in [0.05, 0.1) is 10.6 Å². The summed E-state index contributed by atoms with van der Waals surface area (Å²) in [7, 11) is -4.13. The average Bonchev–Trinajstić information content (AvgIpc) is 2.90. The molecule has 0 aliphatic heterocycles. The van der Waals surface area contributed by atoms with E-state index in [2.05, 4.69) is 5.32 Å². The number of nitrogens with zero attached hydrogens (tertiary/aromatic N) is 2. The first-order valence-electron chi connectivity index (χ1n) is 13.3. The van der Waals surface area contributed by atoms with Crippen LogP contribution in [-0.4, -0.2) is 49.8 Å². The Hall–Kier alpha value is -3.36. The van der Waals surface area contributed by atoms with E-state index < -0.39 is 34.1 Å². The summed E-state index contributed by atoms with van der Waals surface area (Å²) >= 11 is 6.01. The molecule has 1 atom stereocenters. The van der Waals surface area contributed by atoms with E-state index in [0.29, 0.717) is 23.6 Å². The summed E-state index contributed by atoms with van der Waals surface area (Å²) in [6.07, 6.45) is 0.886. The minimum atomic E-state index is -4.13. The second-order valence-electron chi connectivity index (χ2n) is 10.8. The van der Waals surface area contributed by atoms with Crippen LogP contribution in [0.1, 0.15) is 45.2 Å². The Morgan fingerprint density at radius 1 is 0.925 bits per heavy atom. The van der Waals surface area contributed by atoms with E-state index in [1.807, 2.05) is 65.0 Å². The molecule has 40 heavy (non-hydrogen) atoms. The maximum atomic E-state index is 14.0. The summed E-state index contributed by atoms with van der Waals surface area (Å²) in [6.45, 7) is 9.17. The maximum Gasteiger partial charge on any atom is 0.264 e. The zero-order valence-electron chi connectivity index (χ0n) is 23.7. The predicted molar refractivity (Wildman–Crippen MR) is 161 cm³/mol. The van der Waals surface area contributed by atoms with E-state index in [1.165, 1.54) is 29.2 Å². The lowest BCUT2D eigenvalue weighted by atomic mass is 10.1. The molecular weight excluding hydrogens is 546 g/mol. The van der Waals surface area contributed by atoms with Crippen LogP contribution in [0.2, 0.25) is 5.02 Å². The number of amides is 2. The zero-order chi connectivity index (χ0) is 29.5. The quantitative estimate of drug-likeness (QED) is 0.318. The van der Waals surface area contributed by atoms with E-state index in [1.54, 1.807) is 24.3 Å². The number of hydrogen-bond donors (Lipinski definition) is 1. The minimum absolute atomic E-state index is 0.0126. The Morgan fingerprint density at radius 3 is 2.08 bits per heavy atom. The molecule has 0 heterocycles. The van der Waals surface area contributed by atoms with Crippen molar-refractivity contribution in [1.29, 1.82) is 0 Å². The van der Waals surface area contributed by atoms with Crippen LogP contribution in [0, 0.1) is 6.92 Å². The van der Waals surface area contributed by atoms with Gasteiger partial charge in [-0.05, 0) is 82.5 Å². The van der Waals surface area contributed by atoms with Gasteiger partial charge >= 0.3 is 0 Å². The Kier molecular flexibility index (Phi) is 10.4. The maximum absolute atomic E-state index is 14.0. The highest BCUT2D eigenvalue weighted by Gasteiger charge is 2.34. The molecule has 7 nitrogen and oxygen atoms in total. The van der Waals surface area contributed by atoms with Crippen LogP contribution in [0.4, 0.5) is 5.69 Å². The fourth-order valence-corrected chi connectivity index (χ4v) is 5.86. The molecule has 0 fully saturated rings. The topological polar surface area (TPSA) is 86.8 Å². The molecule has 3 rings (SSSR count). The number of aryl methyl sites for hydroxylation is 1. The summed E-state index contributed by atoms with van der Waals surface area (Å²) in [6, 6.07) is 21.7. The first kappa shape index (κ1) is 31.2. The van der Waals surface area contributed by atoms with Gasteiger partial charge in [0.15, 0.2) is 0 Å². The molecule has 0 unspecified atom stereocenters. The molecule has 0 spiro atoms. The van der Waals surface area contributed by atoms with Crippen molar-refractivity contribution in [1.82, 2.24) is 10.2 Å². The van der Waals surface area contributed by atoms with Crippen LogP contribution in [0.5, 0.6) is 0 Å². The highest BCUT2D eigenvalue weighted by molar-refractivity contribution is 7.92. The monoisotopic (exact) mass is 583 g/mol. The molecule has 0 saturated carbocycles. The van der Waals surface area contributed by atoms with Gasteiger partial charge in [-0.3, -0.25) is 13.9 Å². The van der Waals surface area contributed by atoms with Crippen molar-refractivity contribution in [3.8, 4) is 0 Å². The number of hydrogen-bond acceptors (Lipinski definition) is 4. The molecule has 1 N–H and O–H groups in total. The molecule has 214 valence electrons. The molecule has 2 amide bonds. The second-order valence-corrected chi connectivity index (χ2v) is 13.1. The number of anilines is 1. The van der Waals surface area contributed by atoms with Crippen molar-refractivity contribution in [2.24, 2.45) is 0 Å². The van der Waals surface area contributed by atoms with Gasteiger partial charge in [-0.2, -0.15) is 0 Å². The largest absolute Gasteiger partial charge is 0.350 e. The van der Waals surface area contributed by atoms with Gasteiger partial charge in [-0.25, -0.2) is 8.42 Å². The molecule has 3 aromatic rings. The van der Waals surface area contributed by atoms with Crippen LogP contribution in [-0.2, 0) is 26.0 Å². The first-order chi connectivity index (χ1) is 18.8. The normalized spacial score (nSPS) is 12.4. The van der Waals surface area contributed by atoms with Gasteiger partial charge in [-0.1, -0.05) is 66.6 Å². The Bertz CT molecular complexity index is 1390. The van der Waals surface area contributed by atoms with Crippen molar-refractivity contribution in [3.63, 3.8) is 0 Å².